The first-order valence-corrected chi connectivity index (χ1v) is 6.10. The molecule has 0 radical (unpaired) electrons. The molecule has 0 spiro atoms. The lowest BCUT2D eigenvalue weighted by Crippen LogP contribution is -2.46. The molecule has 0 bridgehead atoms. The molecule has 0 amide bonds. The van der Waals surface area contributed by atoms with Gasteiger partial charge in [-0.15, -0.1) is 0 Å². The highest BCUT2D eigenvalue weighted by Gasteiger charge is 2.34. The van der Waals surface area contributed by atoms with Crippen molar-refractivity contribution in [1.82, 2.24) is 9.97 Å². The Morgan fingerprint density at radius 2 is 2.45 bits per heavy atom. The van der Waals surface area contributed by atoms with Crippen LogP contribution in [0, 0.1) is 10.1 Å². The van der Waals surface area contributed by atoms with E-state index in [1.165, 1.54) is 0 Å². The monoisotopic (exact) mass is 342 g/mol. The molecule has 0 fully saturated rings. The van der Waals surface area contributed by atoms with Crippen molar-refractivity contribution in [3.05, 3.63) is 21.6 Å². The van der Waals surface area contributed by atoms with Crippen LogP contribution in [0.2, 0.25) is 5.28 Å². The van der Waals surface area contributed by atoms with Crippen molar-refractivity contribution >= 4 is 29.1 Å². The molecule has 0 aliphatic rings. The Labute approximate surface area is 150 Å². The normalized spacial score (nSPS) is 23.0. The van der Waals surface area contributed by atoms with Crippen molar-refractivity contribution in [3.63, 3.8) is 0 Å². The minimum Gasteiger partial charge on any atom is -0.464 e. The molecule has 1 atom stereocenters. The number of aromatic nitrogens is 2. The van der Waals surface area contributed by atoms with Crippen molar-refractivity contribution in [2.45, 2.75) is 46.0 Å². The first-order valence-electron chi connectivity index (χ1n) is 11.7. The second-order valence-corrected chi connectivity index (χ2v) is 4.11. The molecule has 1 aromatic rings. The largest absolute Gasteiger partial charge is 0.464 e. The highest BCUT2D eigenvalue weighted by atomic mass is 35.5. The number of esters is 1. The van der Waals surface area contributed by atoms with Crippen LogP contribution < -0.4 is 4.90 Å². The predicted molar refractivity (Wildman–Crippen MR) is 82.0 cm³/mol. The van der Waals surface area contributed by atoms with E-state index < -0.39 is 73.3 Å². The van der Waals surface area contributed by atoms with Crippen molar-refractivity contribution in [1.29, 1.82) is 0 Å². The number of anilines is 1. The number of carbonyl (C=O) groups excluding carboxylic acids is 1. The van der Waals surface area contributed by atoms with Crippen molar-refractivity contribution in [2.75, 3.05) is 11.5 Å². The minimum absolute atomic E-state index is 0.0450. The standard InChI is InChI=1S/C13H19ClN4O4/c1-5-9(12(19)22-6-2)17(8(3)4)11-10(18(20)21)7-15-13(14)16-11/h7-9H,5-6H2,1-4H3/i2D3,3D3,4D3,6D2,8D. The average molecular weight is 343 g/mol. The lowest BCUT2D eigenvalue weighted by Gasteiger charge is -2.33. The second kappa shape index (κ2) is 7.88. The van der Waals surface area contributed by atoms with Crippen molar-refractivity contribution < 1.29 is 30.9 Å². The topological polar surface area (TPSA) is 98.5 Å². The number of halogens is 1. The van der Waals surface area contributed by atoms with Crippen LogP contribution in [0.3, 0.4) is 0 Å². The molecular formula is C13H19ClN4O4. The summed E-state index contributed by atoms with van der Waals surface area (Å²) in [5.41, 5.74) is -1.14. The van der Waals surface area contributed by atoms with Crippen molar-refractivity contribution in [2.24, 2.45) is 0 Å². The molecule has 122 valence electrons. The highest BCUT2D eigenvalue weighted by Crippen LogP contribution is 2.30. The van der Waals surface area contributed by atoms with E-state index in [2.05, 4.69) is 14.7 Å². The zero-order valence-corrected chi connectivity index (χ0v) is 11.9. The quantitative estimate of drug-likeness (QED) is 0.325. The summed E-state index contributed by atoms with van der Waals surface area (Å²) in [5.74, 6) is -2.98. The van der Waals surface area contributed by atoms with E-state index in [0.29, 0.717) is 6.20 Å². The van der Waals surface area contributed by atoms with Crippen LogP contribution in [-0.2, 0) is 9.53 Å². The van der Waals surface area contributed by atoms with E-state index in [9.17, 15) is 14.9 Å². The van der Waals surface area contributed by atoms with Crippen LogP contribution in [0.15, 0.2) is 6.20 Å². The second-order valence-electron chi connectivity index (χ2n) is 3.77. The Hall–Kier alpha value is -1.96. The summed E-state index contributed by atoms with van der Waals surface area (Å²) in [6.07, 6.45) is -0.141. The van der Waals surface area contributed by atoms with Gasteiger partial charge in [0.1, 0.15) is 12.2 Å². The van der Waals surface area contributed by atoms with Gasteiger partial charge in [-0.3, -0.25) is 10.1 Å². The van der Waals surface area contributed by atoms with E-state index in [-0.39, 0.29) is 4.90 Å². The fourth-order valence-corrected chi connectivity index (χ4v) is 1.76. The van der Waals surface area contributed by atoms with Gasteiger partial charge in [-0.2, -0.15) is 4.98 Å². The van der Waals surface area contributed by atoms with Crippen LogP contribution in [-0.4, -0.2) is 39.5 Å². The van der Waals surface area contributed by atoms with Gasteiger partial charge < -0.3 is 9.64 Å². The molecule has 0 saturated heterocycles. The lowest BCUT2D eigenvalue weighted by molar-refractivity contribution is -0.384. The van der Waals surface area contributed by atoms with Gasteiger partial charge in [-0.25, -0.2) is 9.78 Å². The molecule has 1 aromatic heterocycles. The Bertz CT molecular complexity index is 922. The van der Waals surface area contributed by atoms with E-state index in [0.717, 1.165) is 6.92 Å². The van der Waals surface area contributed by atoms with E-state index in [4.69, 9.17) is 28.1 Å². The Morgan fingerprint density at radius 1 is 1.73 bits per heavy atom. The van der Waals surface area contributed by atoms with Crippen molar-refractivity contribution in [3.8, 4) is 0 Å². The van der Waals surface area contributed by atoms with Gasteiger partial charge in [-0.1, -0.05) is 6.92 Å². The van der Waals surface area contributed by atoms with Gasteiger partial charge in [0.2, 0.25) is 11.1 Å². The molecule has 0 aliphatic carbocycles. The van der Waals surface area contributed by atoms with Crippen LogP contribution in [0.25, 0.3) is 0 Å². The molecule has 1 heterocycles. The number of nitrogens with zero attached hydrogens (tertiary/aromatic N) is 4. The zero-order valence-electron chi connectivity index (χ0n) is 23.2. The Morgan fingerprint density at radius 3 is 3.00 bits per heavy atom. The van der Waals surface area contributed by atoms with Crippen LogP contribution in [0.5, 0.6) is 0 Å². The fraction of sp³-hybridized carbons (Fsp3) is 0.615. The molecule has 0 saturated carbocycles. The molecule has 0 aromatic carbocycles. The summed E-state index contributed by atoms with van der Waals surface area (Å²) in [6.45, 7) is -13.6. The van der Waals surface area contributed by atoms with Gasteiger partial charge in [0, 0.05) is 18.4 Å². The number of hydrogen-bond donors (Lipinski definition) is 0. The molecule has 9 heteroatoms. The van der Waals surface area contributed by atoms with Gasteiger partial charge in [0.05, 0.1) is 15.6 Å². The van der Waals surface area contributed by atoms with E-state index >= 15 is 0 Å². The maximum atomic E-state index is 12.9. The SMILES string of the molecule is [2H]C([2H])([2H])C([2H])([2H])OC(=O)C(CC)N(c1nc(Cl)ncc1[N+](=O)[O-])C([2H])(C([2H])([2H])[2H])C([2H])([2H])[2H]. The molecule has 0 aliphatic heterocycles. The molecule has 1 rings (SSSR count). The molecule has 0 N–H and O–H groups in total. The van der Waals surface area contributed by atoms with Gasteiger partial charge >= 0.3 is 11.7 Å². The van der Waals surface area contributed by atoms with Crippen LogP contribution >= 0.6 is 11.6 Å². The molecule has 1 unspecified atom stereocenters. The fourth-order valence-electron chi connectivity index (χ4n) is 1.63. The number of hydrogen-bond acceptors (Lipinski definition) is 7. The Kier molecular flexibility index (Phi) is 2.54. The van der Waals surface area contributed by atoms with Crippen LogP contribution in [0.1, 0.15) is 50.3 Å². The first kappa shape index (κ1) is 7.08. The van der Waals surface area contributed by atoms with Gasteiger partial charge in [0.15, 0.2) is 0 Å². The van der Waals surface area contributed by atoms with E-state index in [1.807, 2.05) is 0 Å². The third kappa shape index (κ3) is 4.03. The number of carbonyl (C=O) groups is 1. The average Bonchev–Trinajstić information content (AvgIpc) is 2.61. The third-order valence-corrected chi connectivity index (χ3v) is 2.69. The third-order valence-electron chi connectivity index (χ3n) is 2.51. The summed E-state index contributed by atoms with van der Waals surface area (Å²) in [7, 11) is 0. The maximum Gasteiger partial charge on any atom is 0.329 e. The molecule has 22 heavy (non-hydrogen) atoms. The first-order chi connectivity index (χ1) is 15.0. The number of ether oxygens (including phenoxy) is 1. The summed E-state index contributed by atoms with van der Waals surface area (Å²) in [5, 5.41) is 10.8. The van der Waals surface area contributed by atoms with Gasteiger partial charge in [-0.05, 0) is 38.6 Å². The minimum atomic E-state index is -3.81. The maximum absolute atomic E-state index is 12.9. The van der Waals surface area contributed by atoms with Gasteiger partial charge in [0.25, 0.3) is 0 Å². The number of nitro groups is 1. The highest BCUT2D eigenvalue weighted by molar-refractivity contribution is 6.28. The molecule has 8 nitrogen and oxygen atoms in total. The zero-order chi connectivity index (χ0) is 27.1. The summed E-state index contributed by atoms with van der Waals surface area (Å²) >= 11 is 5.67. The smallest absolute Gasteiger partial charge is 0.329 e. The summed E-state index contributed by atoms with van der Waals surface area (Å²) < 4.78 is 95.7. The Balaban J connectivity index is 4.02. The molecular weight excluding hydrogens is 312 g/mol. The van der Waals surface area contributed by atoms with Crippen LogP contribution in [0.4, 0.5) is 11.5 Å². The predicted octanol–water partition coefficient (Wildman–Crippen LogP) is 2.59. The number of rotatable bonds is 7. The lowest BCUT2D eigenvalue weighted by atomic mass is 10.1. The summed E-state index contributed by atoms with van der Waals surface area (Å²) in [4.78, 5) is 30.1. The van der Waals surface area contributed by atoms with E-state index in [1.54, 1.807) is 0 Å². The summed E-state index contributed by atoms with van der Waals surface area (Å²) in [6, 6.07) is -6.06.